The van der Waals surface area contributed by atoms with E-state index in [2.05, 4.69) is 14.8 Å². The molecule has 1 aliphatic rings. The molecule has 0 bridgehead atoms. The van der Waals surface area contributed by atoms with Crippen LogP contribution in [0.15, 0.2) is 92.8 Å². The Bertz CT molecular complexity index is 1530. The lowest BCUT2D eigenvalue weighted by atomic mass is 10.0. The Morgan fingerprint density at radius 2 is 1.79 bits per heavy atom. The van der Waals surface area contributed by atoms with E-state index < -0.39 is 11.4 Å². The molecule has 0 atom stereocenters. The number of anilines is 1. The number of thioether (sulfide) groups is 1. The maximum atomic E-state index is 13.4. The average Bonchev–Trinajstić information content (AvgIpc) is 3.36. The van der Waals surface area contributed by atoms with Crippen LogP contribution in [0.3, 0.4) is 0 Å². The number of aliphatic imine (C=N–C) groups is 1. The van der Waals surface area contributed by atoms with Gasteiger partial charge in [-0.1, -0.05) is 77.1 Å². The van der Waals surface area contributed by atoms with Crippen LogP contribution in [0.2, 0.25) is 0 Å². The molecule has 9 heteroatoms. The number of carbonyl (C=O) groups excluding carboxylic acids is 2. The van der Waals surface area contributed by atoms with Gasteiger partial charge in [-0.05, 0) is 39.8 Å². The third-order valence-corrected chi connectivity index (χ3v) is 6.30. The van der Waals surface area contributed by atoms with Gasteiger partial charge in [-0.3, -0.25) is 19.0 Å². The molecule has 0 unspecified atom stereocenters. The van der Waals surface area contributed by atoms with Crippen LogP contribution in [0.5, 0.6) is 0 Å². The number of ketones is 1. The fourth-order valence-electron chi connectivity index (χ4n) is 3.76. The van der Waals surface area contributed by atoms with E-state index in [4.69, 9.17) is 0 Å². The molecule has 4 aromatic rings. The number of hydrogen-bond acceptors (Lipinski definition) is 6. The van der Waals surface area contributed by atoms with E-state index in [-0.39, 0.29) is 23.1 Å². The molecule has 1 N–H and O–H groups in total. The van der Waals surface area contributed by atoms with Gasteiger partial charge in [0.2, 0.25) is 5.78 Å². The minimum atomic E-state index is -0.742. The van der Waals surface area contributed by atoms with Crippen LogP contribution in [0.4, 0.5) is 5.69 Å². The fourth-order valence-corrected chi connectivity index (χ4v) is 4.64. The quantitative estimate of drug-likeness (QED) is 0.274. The molecular weight excluding hydrogens is 452 g/mol. The Hall–Kier alpha value is -4.24. The summed E-state index contributed by atoms with van der Waals surface area (Å²) in [5.41, 5.74) is 0.933. The molecule has 0 saturated heterocycles. The van der Waals surface area contributed by atoms with E-state index in [0.717, 1.165) is 28.1 Å². The smallest absolute Gasteiger partial charge is 0.286 e. The molecule has 0 radical (unpaired) electrons. The molecule has 2 heterocycles. The molecule has 1 aromatic heterocycles. The molecule has 168 valence electrons. The Morgan fingerprint density at radius 3 is 2.56 bits per heavy atom. The van der Waals surface area contributed by atoms with Gasteiger partial charge in [0.1, 0.15) is 5.70 Å². The lowest BCUT2D eigenvalue weighted by molar-refractivity contribution is -0.741. The molecule has 34 heavy (non-hydrogen) atoms. The van der Waals surface area contributed by atoms with Gasteiger partial charge in [-0.2, -0.15) is 0 Å². The number of aromatic nitrogens is 2. The van der Waals surface area contributed by atoms with Crippen LogP contribution in [-0.2, 0) is 11.8 Å². The Morgan fingerprint density at radius 1 is 1.06 bits per heavy atom. The number of amidine groups is 1. The molecule has 3 aromatic carbocycles. The van der Waals surface area contributed by atoms with Crippen molar-refractivity contribution in [1.82, 2.24) is 5.27 Å². The number of para-hydroxylation sites is 1. The Kier molecular flexibility index (Phi) is 5.69. The first-order valence-corrected chi connectivity index (χ1v) is 11.4. The number of carbonyl (C=O) groups is 2. The predicted molar refractivity (Wildman–Crippen MR) is 131 cm³/mol. The van der Waals surface area contributed by atoms with Gasteiger partial charge in [0.15, 0.2) is 12.2 Å². The molecule has 1 aliphatic heterocycles. The van der Waals surface area contributed by atoms with Crippen molar-refractivity contribution >= 4 is 51.2 Å². The minimum absolute atomic E-state index is 0.0898. The van der Waals surface area contributed by atoms with Crippen LogP contribution >= 0.6 is 11.8 Å². The van der Waals surface area contributed by atoms with Crippen LogP contribution in [0.1, 0.15) is 16.1 Å². The highest BCUT2D eigenvalue weighted by Gasteiger charge is 2.34. The number of aromatic amines is 1. The monoisotopic (exact) mass is 471 g/mol. The van der Waals surface area contributed by atoms with Gasteiger partial charge >= 0.3 is 11.3 Å². The van der Waals surface area contributed by atoms with Crippen molar-refractivity contribution in [3.8, 4) is 0 Å². The number of fused-ring (bicyclic) bond motifs is 1. The largest absolute Gasteiger partial charge is 0.438 e. The standard InChI is InChI=1S/C25H18N4O4S/c1-28-22(24(32)33-27-28)21(30)15-34-25-26-20(23(31)29(25)18-11-3-2-4-12-18)14-17-10-7-9-16-8-5-6-13-19(16)17/h2-14H,15H2,1H3/p+1/b20-14+. The predicted octanol–water partition coefficient (Wildman–Crippen LogP) is 3.31. The average molecular weight is 472 g/mol. The van der Waals surface area contributed by atoms with Gasteiger partial charge in [-0.15, -0.1) is 0 Å². The summed E-state index contributed by atoms with van der Waals surface area (Å²) in [6.45, 7) is 0. The number of benzene rings is 3. The second kappa shape index (κ2) is 8.95. The van der Waals surface area contributed by atoms with E-state index in [1.54, 1.807) is 18.2 Å². The van der Waals surface area contributed by atoms with Crippen LogP contribution in [0, 0.1) is 0 Å². The zero-order valence-corrected chi connectivity index (χ0v) is 18.9. The van der Waals surface area contributed by atoms with Crippen molar-refractivity contribution in [3.63, 3.8) is 0 Å². The number of amides is 1. The highest BCUT2D eigenvalue weighted by atomic mass is 32.2. The number of Topliss-reactive ketones (excluding diaryl/α,β-unsaturated/α-hetero) is 1. The third-order valence-electron chi connectivity index (χ3n) is 5.36. The number of aryl methyl sites for hydroxylation is 1. The summed E-state index contributed by atoms with van der Waals surface area (Å²) in [6, 6.07) is 22.9. The number of rotatable bonds is 5. The lowest BCUT2D eigenvalue weighted by Gasteiger charge is -2.17. The number of H-pyrrole nitrogens is 1. The van der Waals surface area contributed by atoms with Gasteiger partial charge in [-0.25, -0.2) is 9.79 Å². The lowest BCUT2D eigenvalue weighted by Crippen LogP contribution is -2.40. The zero-order chi connectivity index (χ0) is 23.7. The van der Waals surface area contributed by atoms with Crippen molar-refractivity contribution in [3.05, 3.63) is 100 Å². The first-order chi connectivity index (χ1) is 16.5. The molecule has 0 aliphatic carbocycles. The van der Waals surface area contributed by atoms with E-state index >= 15 is 0 Å². The second-order valence-corrected chi connectivity index (χ2v) is 8.51. The summed E-state index contributed by atoms with van der Waals surface area (Å²) in [5, 5.41) is 4.76. The van der Waals surface area contributed by atoms with Gasteiger partial charge < -0.3 is 0 Å². The zero-order valence-electron chi connectivity index (χ0n) is 18.1. The van der Waals surface area contributed by atoms with Gasteiger partial charge in [0.25, 0.3) is 5.91 Å². The first kappa shape index (κ1) is 21.6. The maximum Gasteiger partial charge on any atom is 0.438 e. The van der Waals surface area contributed by atoms with Crippen LogP contribution in [0.25, 0.3) is 16.8 Å². The van der Waals surface area contributed by atoms with Crippen molar-refractivity contribution in [2.75, 3.05) is 10.7 Å². The Balaban J connectivity index is 1.51. The SMILES string of the molecule is C[n+]1[nH]oc(=O)c1C(=O)CSC1=N/C(=C/c2cccc3ccccc23)C(=O)N1c1ccccc1. The van der Waals surface area contributed by atoms with Crippen molar-refractivity contribution in [2.45, 2.75) is 0 Å². The van der Waals surface area contributed by atoms with Crippen molar-refractivity contribution < 1.29 is 18.8 Å². The number of hydrogen-bond donors (Lipinski definition) is 1. The molecule has 0 saturated carbocycles. The molecule has 0 fully saturated rings. The van der Waals surface area contributed by atoms with E-state index in [1.165, 1.54) is 16.6 Å². The Labute approximate surface area is 198 Å². The van der Waals surface area contributed by atoms with Gasteiger partial charge in [0.05, 0.1) is 11.4 Å². The fraction of sp³-hybridized carbons (Fsp3) is 0.0800. The highest BCUT2D eigenvalue weighted by molar-refractivity contribution is 8.14. The van der Waals surface area contributed by atoms with Crippen molar-refractivity contribution in [2.24, 2.45) is 12.0 Å². The second-order valence-electron chi connectivity index (χ2n) is 7.57. The topological polar surface area (TPSA) is 99.6 Å². The van der Waals surface area contributed by atoms with E-state index in [1.807, 2.05) is 60.7 Å². The van der Waals surface area contributed by atoms with Crippen LogP contribution in [-0.4, -0.2) is 27.9 Å². The number of nitrogens with one attached hydrogen (secondary N) is 1. The van der Waals surface area contributed by atoms with Crippen molar-refractivity contribution in [1.29, 1.82) is 0 Å². The summed E-state index contributed by atoms with van der Waals surface area (Å²) in [7, 11) is 1.51. The summed E-state index contributed by atoms with van der Waals surface area (Å²) in [4.78, 5) is 43.9. The summed E-state index contributed by atoms with van der Waals surface area (Å²) in [5.74, 6) is -0.814. The summed E-state index contributed by atoms with van der Waals surface area (Å²) >= 11 is 1.09. The maximum absolute atomic E-state index is 13.4. The molecule has 0 spiro atoms. The normalized spacial score (nSPS) is 14.7. The number of nitrogens with zero attached hydrogens (tertiary/aromatic N) is 3. The minimum Gasteiger partial charge on any atom is -0.286 e. The molecule has 5 rings (SSSR count). The van der Waals surface area contributed by atoms with Gasteiger partial charge in [0, 0.05) is 0 Å². The molecule has 1 amide bonds. The first-order valence-electron chi connectivity index (χ1n) is 10.4. The molecular formula is C25H19N4O4S+. The highest BCUT2D eigenvalue weighted by Crippen LogP contribution is 2.30. The van der Waals surface area contributed by atoms with Crippen LogP contribution < -0.4 is 15.2 Å². The third kappa shape index (κ3) is 3.97. The summed E-state index contributed by atoms with van der Waals surface area (Å²) < 4.78 is 5.89. The summed E-state index contributed by atoms with van der Waals surface area (Å²) in [6.07, 6.45) is 1.76. The molecule has 8 nitrogen and oxygen atoms in total. The van der Waals surface area contributed by atoms with E-state index in [0.29, 0.717) is 10.9 Å². The van der Waals surface area contributed by atoms with E-state index in [9.17, 15) is 14.4 Å².